The molecular formula is C10H17F3N2O. The van der Waals surface area contributed by atoms with Crippen LogP contribution in [-0.4, -0.2) is 23.7 Å². The Kier molecular flexibility index (Phi) is 3.83. The lowest BCUT2D eigenvalue weighted by molar-refractivity contribution is -0.170. The lowest BCUT2D eigenvalue weighted by atomic mass is 10.1. The average molecular weight is 238 g/mol. The lowest BCUT2D eigenvalue weighted by Gasteiger charge is -2.22. The molecular weight excluding hydrogens is 221 g/mol. The maximum Gasteiger partial charge on any atom is 0.411 e. The molecule has 0 aliphatic heterocycles. The Morgan fingerprint density at radius 1 is 1.50 bits per heavy atom. The summed E-state index contributed by atoms with van der Waals surface area (Å²) in [5, 5.41) is 2.03. The van der Waals surface area contributed by atoms with Gasteiger partial charge in [-0.2, -0.15) is 13.2 Å². The van der Waals surface area contributed by atoms with Crippen LogP contribution in [0.2, 0.25) is 0 Å². The Morgan fingerprint density at radius 3 is 2.44 bits per heavy atom. The molecule has 1 amide bonds. The monoisotopic (exact) mass is 238 g/mol. The van der Waals surface area contributed by atoms with Crippen molar-refractivity contribution in [3.63, 3.8) is 0 Å². The first-order chi connectivity index (χ1) is 7.32. The third kappa shape index (κ3) is 2.87. The van der Waals surface area contributed by atoms with E-state index in [0.29, 0.717) is 6.42 Å². The summed E-state index contributed by atoms with van der Waals surface area (Å²) in [6.07, 6.45) is -2.41. The maximum atomic E-state index is 12.5. The van der Waals surface area contributed by atoms with Gasteiger partial charge in [0.2, 0.25) is 5.91 Å². The van der Waals surface area contributed by atoms with Crippen molar-refractivity contribution in [2.75, 3.05) is 0 Å². The van der Waals surface area contributed by atoms with Crippen LogP contribution in [0, 0.1) is 0 Å². The molecule has 0 spiro atoms. The average Bonchev–Trinajstić information content (AvgIpc) is 2.94. The maximum absolute atomic E-state index is 12.5. The zero-order chi connectivity index (χ0) is 12.4. The van der Waals surface area contributed by atoms with Gasteiger partial charge in [0.25, 0.3) is 0 Å². The van der Waals surface area contributed by atoms with Crippen molar-refractivity contribution < 1.29 is 18.0 Å². The quantitative estimate of drug-likeness (QED) is 0.766. The number of alkyl halides is 3. The number of nitrogens with two attached hydrogens (primary N) is 1. The molecule has 16 heavy (non-hydrogen) atoms. The van der Waals surface area contributed by atoms with Gasteiger partial charge >= 0.3 is 6.18 Å². The molecule has 0 unspecified atom stereocenters. The molecule has 1 saturated carbocycles. The number of hydrogen-bond donors (Lipinski definition) is 2. The Labute approximate surface area is 92.6 Å². The summed E-state index contributed by atoms with van der Waals surface area (Å²) in [4.78, 5) is 11.4. The van der Waals surface area contributed by atoms with E-state index in [-0.39, 0.29) is 12.8 Å². The van der Waals surface area contributed by atoms with E-state index in [2.05, 4.69) is 0 Å². The van der Waals surface area contributed by atoms with Gasteiger partial charge in [-0.1, -0.05) is 19.8 Å². The van der Waals surface area contributed by atoms with Crippen LogP contribution in [0.3, 0.4) is 0 Å². The zero-order valence-electron chi connectivity index (χ0n) is 9.23. The Hall–Kier alpha value is -0.780. The molecule has 3 N–H and O–H groups in total. The molecule has 1 atom stereocenters. The van der Waals surface area contributed by atoms with Crippen molar-refractivity contribution >= 4 is 5.91 Å². The van der Waals surface area contributed by atoms with Crippen LogP contribution < -0.4 is 11.1 Å². The summed E-state index contributed by atoms with van der Waals surface area (Å²) >= 11 is 0. The summed E-state index contributed by atoms with van der Waals surface area (Å²) in [5.74, 6) is -0.691. The van der Waals surface area contributed by atoms with Gasteiger partial charge in [-0.3, -0.25) is 4.79 Å². The van der Waals surface area contributed by atoms with E-state index >= 15 is 0 Å². The first-order valence-corrected chi connectivity index (χ1v) is 5.47. The highest BCUT2D eigenvalue weighted by molar-refractivity contribution is 5.82. The molecule has 3 nitrogen and oxygen atoms in total. The normalized spacial score (nSPS) is 20.3. The van der Waals surface area contributed by atoms with E-state index in [4.69, 9.17) is 5.73 Å². The fraction of sp³-hybridized carbons (Fsp3) is 0.900. The molecule has 1 aliphatic rings. The van der Waals surface area contributed by atoms with Gasteiger partial charge in [0, 0.05) is 0 Å². The zero-order valence-corrected chi connectivity index (χ0v) is 9.23. The Morgan fingerprint density at radius 2 is 2.06 bits per heavy atom. The highest BCUT2D eigenvalue weighted by Gasteiger charge is 2.64. The summed E-state index contributed by atoms with van der Waals surface area (Å²) in [6, 6.07) is -0.834. The molecule has 6 heteroatoms. The number of nitrogens with one attached hydrogen (secondary N) is 1. The third-order valence-electron chi connectivity index (χ3n) is 2.86. The molecule has 0 radical (unpaired) electrons. The molecule has 1 fully saturated rings. The van der Waals surface area contributed by atoms with Gasteiger partial charge < -0.3 is 11.1 Å². The SMILES string of the molecule is CCCC[C@H](N)C(=O)NC1(C(F)(F)F)CC1. The standard InChI is InChI=1S/C10H17F3N2O/c1-2-3-4-7(14)8(16)15-9(5-6-9)10(11,12)13/h7H,2-6,14H2,1H3,(H,15,16)/t7-/m0/s1. The molecule has 0 saturated heterocycles. The van der Waals surface area contributed by atoms with Crippen molar-refractivity contribution in [2.24, 2.45) is 5.73 Å². The second-order valence-corrected chi connectivity index (χ2v) is 4.32. The molecule has 1 rings (SSSR count). The Bertz CT molecular complexity index is 261. The Balaban J connectivity index is 2.46. The largest absolute Gasteiger partial charge is 0.411 e. The van der Waals surface area contributed by atoms with E-state index in [1.54, 1.807) is 0 Å². The fourth-order valence-electron chi connectivity index (χ4n) is 1.49. The van der Waals surface area contributed by atoms with Crippen LogP contribution in [0.25, 0.3) is 0 Å². The number of carbonyl (C=O) groups is 1. The highest BCUT2D eigenvalue weighted by atomic mass is 19.4. The van der Waals surface area contributed by atoms with Crippen LogP contribution in [0.15, 0.2) is 0 Å². The summed E-state index contributed by atoms with van der Waals surface area (Å²) < 4.78 is 37.5. The lowest BCUT2D eigenvalue weighted by Crippen LogP contribution is -2.53. The minimum absolute atomic E-state index is 0.0390. The van der Waals surface area contributed by atoms with Crippen molar-refractivity contribution in [3.05, 3.63) is 0 Å². The molecule has 0 heterocycles. The summed E-state index contributed by atoms with van der Waals surface area (Å²) in [6.45, 7) is 1.93. The van der Waals surface area contributed by atoms with E-state index in [1.807, 2.05) is 12.2 Å². The van der Waals surface area contributed by atoms with E-state index in [1.165, 1.54) is 0 Å². The predicted molar refractivity (Wildman–Crippen MR) is 53.7 cm³/mol. The molecule has 0 aromatic rings. The number of carbonyl (C=O) groups excluding carboxylic acids is 1. The highest BCUT2D eigenvalue weighted by Crippen LogP contribution is 2.48. The summed E-state index contributed by atoms with van der Waals surface area (Å²) in [5.41, 5.74) is 3.51. The van der Waals surface area contributed by atoms with Crippen LogP contribution in [0.4, 0.5) is 13.2 Å². The topological polar surface area (TPSA) is 55.1 Å². The number of halogens is 3. The van der Waals surface area contributed by atoms with Gasteiger partial charge in [-0.25, -0.2) is 0 Å². The van der Waals surface area contributed by atoms with Gasteiger partial charge in [0.05, 0.1) is 6.04 Å². The first-order valence-electron chi connectivity index (χ1n) is 5.47. The van der Waals surface area contributed by atoms with Gasteiger partial charge in [-0.15, -0.1) is 0 Å². The summed E-state index contributed by atoms with van der Waals surface area (Å²) in [7, 11) is 0. The first kappa shape index (κ1) is 13.3. The second kappa shape index (κ2) is 4.61. The van der Waals surface area contributed by atoms with Crippen molar-refractivity contribution in [2.45, 2.75) is 56.8 Å². The van der Waals surface area contributed by atoms with E-state index < -0.39 is 23.7 Å². The number of rotatable bonds is 5. The molecule has 0 aromatic carbocycles. The molecule has 1 aliphatic carbocycles. The van der Waals surface area contributed by atoms with Gasteiger partial charge in [0.15, 0.2) is 0 Å². The van der Waals surface area contributed by atoms with Crippen molar-refractivity contribution in [1.82, 2.24) is 5.32 Å². The fourth-order valence-corrected chi connectivity index (χ4v) is 1.49. The second-order valence-electron chi connectivity index (χ2n) is 4.32. The van der Waals surface area contributed by atoms with Crippen molar-refractivity contribution in [1.29, 1.82) is 0 Å². The van der Waals surface area contributed by atoms with Crippen LogP contribution in [0.5, 0.6) is 0 Å². The number of hydrogen-bond acceptors (Lipinski definition) is 2. The molecule has 0 bridgehead atoms. The minimum atomic E-state index is -4.37. The molecule has 0 aromatic heterocycles. The van der Waals surface area contributed by atoms with Gasteiger partial charge in [0.1, 0.15) is 5.54 Å². The van der Waals surface area contributed by atoms with Gasteiger partial charge in [-0.05, 0) is 19.3 Å². The van der Waals surface area contributed by atoms with Crippen LogP contribution in [0.1, 0.15) is 39.0 Å². The van der Waals surface area contributed by atoms with Crippen molar-refractivity contribution in [3.8, 4) is 0 Å². The number of unbranched alkanes of at least 4 members (excludes halogenated alkanes) is 1. The van der Waals surface area contributed by atoms with Crippen LogP contribution >= 0.6 is 0 Å². The van der Waals surface area contributed by atoms with E-state index in [9.17, 15) is 18.0 Å². The minimum Gasteiger partial charge on any atom is -0.341 e. The molecule has 94 valence electrons. The third-order valence-corrected chi connectivity index (χ3v) is 2.86. The number of amides is 1. The smallest absolute Gasteiger partial charge is 0.341 e. The predicted octanol–water partition coefficient (Wildman–Crippen LogP) is 1.71. The van der Waals surface area contributed by atoms with Crippen LogP contribution in [-0.2, 0) is 4.79 Å². The van der Waals surface area contributed by atoms with E-state index in [0.717, 1.165) is 12.8 Å².